The monoisotopic (exact) mass is 260 g/mol. The van der Waals surface area contributed by atoms with Gasteiger partial charge in [0.2, 0.25) is 0 Å². The molecule has 0 radical (unpaired) electrons. The van der Waals surface area contributed by atoms with Crippen LogP contribution in [-0.2, 0) is 28.4 Å². The Bertz CT molecular complexity index is 231. The topological polar surface area (TPSA) is 65.3 Å². The van der Waals surface area contributed by atoms with Crippen molar-refractivity contribution < 1.29 is 28.4 Å². The molecule has 3 fully saturated rings. The summed E-state index contributed by atoms with van der Waals surface area (Å²) in [4.78, 5) is 0. The minimum absolute atomic E-state index is 0.192. The van der Waals surface area contributed by atoms with E-state index in [-0.39, 0.29) is 18.3 Å². The zero-order valence-corrected chi connectivity index (χ0v) is 10.6. The lowest BCUT2D eigenvalue weighted by molar-refractivity contribution is -0.383. The molecule has 0 N–H and O–H groups in total. The number of hydrogen-bond donors (Lipinski definition) is 0. The summed E-state index contributed by atoms with van der Waals surface area (Å²) >= 11 is 0. The average molecular weight is 260 g/mol. The fourth-order valence-corrected chi connectivity index (χ4v) is 1.58. The van der Waals surface area contributed by atoms with Crippen molar-refractivity contribution in [3.8, 4) is 0 Å². The molecule has 3 aliphatic rings. The van der Waals surface area contributed by atoms with E-state index in [1.807, 2.05) is 6.92 Å². The van der Waals surface area contributed by atoms with E-state index < -0.39 is 5.97 Å². The van der Waals surface area contributed by atoms with Crippen molar-refractivity contribution in [2.45, 2.75) is 37.6 Å². The Morgan fingerprint density at radius 2 is 1.17 bits per heavy atom. The van der Waals surface area contributed by atoms with E-state index in [1.165, 1.54) is 0 Å². The molecule has 3 saturated heterocycles. The average Bonchev–Trinajstić information content (AvgIpc) is 3.26. The van der Waals surface area contributed by atoms with Crippen molar-refractivity contribution in [2.75, 3.05) is 39.6 Å². The van der Waals surface area contributed by atoms with Crippen LogP contribution in [0.25, 0.3) is 0 Å². The van der Waals surface area contributed by atoms with Gasteiger partial charge in [0.15, 0.2) is 0 Å². The predicted octanol–water partition coefficient (Wildman–Crippen LogP) is 0.296. The van der Waals surface area contributed by atoms with Crippen LogP contribution < -0.4 is 0 Å². The minimum atomic E-state index is -0.982. The van der Waals surface area contributed by atoms with Crippen LogP contribution >= 0.6 is 0 Å². The summed E-state index contributed by atoms with van der Waals surface area (Å²) in [5.41, 5.74) is 0. The molecule has 0 amide bonds. The number of epoxide rings is 3. The van der Waals surface area contributed by atoms with E-state index >= 15 is 0 Å². The van der Waals surface area contributed by atoms with Gasteiger partial charge in [-0.3, -0.25) is 0 Å². The molecule has 3 unspecified atom stereocenters. The Labute approximate surface area is 106 Å². The second-order valence-electron chi connectivity index (χ2n) is 4.84. The number of rotatable bonds is 10. The molecule has 104 valence electrons. The Morgan fingerprint density at radius 1 is 0.833 bits per heavy atom. The summed E-state index contributed by atoms with van der Waals surface area (Å²) in [6.07, 6.45) is 1.20. The first kappa shape index (κ1) is 12.8. The molecule has 0 saturated carbocycles. The third kappa shape index (κ3) is 3.88. The summed E-state index contributed by atoms with van der Waals surface area (Å²) in [5.74, 6) is -0.982. The van der Waals surface area contributed by atoms with Crippen molar-refractivity contribution in [3.05, 3.63) is 0 Å². The molecule has 3 atom stereocenters. The molecular formula is C12H20O6. The molecule has 0 aliphatic carbocycles. The molecule has 3 aliphatic heterocycles. The van der Waals surface area contributed by atoms with Gasteiger partial charge in [-0.25, -0.2) is 0 Å². The van der Waals surface area contributed by atoms with Crippen LogP contribution in [0.1, 0.15) is 13.3 Å². The van der Waals surface area contributed by atoms with Gasteiger partial charge in [-0.1, -0.05) is 6.92 Å². The van der Waals surface area contributed by atoms with Crippen molar-refractivity contribution in [3.63, 3.8) is 0 Å². The summed E-state index contributed by atoms with van der Waals surface area (Å²) in [6, 6.07) is 0. The van der Waals surface area contributed by atoms with Crippen LogP contribution in [0.15, 0.2) is 0 Å². The highest BCUT2D eigenvalue weighted by Gasteiger charge is 2.39. The first-order valence-electron chi connectivity index (χ1n) is 6.56. The van der Waals surface area contributed by atoms with Gasteiger partial charge in [0.05, 0.1) is 39.6 Å². The highest BCUT2D eigenvalue weighted by molar-refractivity contribution is 4.74. The second kappa shape index (κ2) is 5.40. The van der Waals surface area contributed by atoms with Crippen LogP contribution in [-0.4, -0.2) is 63.9 Å². The third-order valence-electron chi connectivity index (χ3n) is 3.11. The molecule has 18 heavy (non-hydrogen) atoms. The molecule has 3 rings (SSSR count). The van der Waals surface area contributed by atoms with Crippen molar-refractivity contribution in [2.24, 2.45) is 0 Å². The van der Waals surface area contributed by atoms with Gasteiger partial charge in [-0.15, -0.1) is 0 Å². The Morgan fingerprint density at radius 3 is 1.39 bits per heavy atom. The lowest BCUT2D eigenvalue weighted by Gasteiger charge is -2.32. The van der Waals surface area contributed by atoms with Gasteiger partial charge in [0.25, 0.3) is 5.97 Å². The lowest BCUT2D eigenvalue weighted by Crippen LogP contribution is -2.41. The first-order chi connectivity index (χ1) is 8.80. The van der Waals surface area contributed by atoms with Gasteiger partial charge in [-0.2, -0.15) is 0 Å². The van der Waals surface area contributed by atoms with Crippen molar-refractivity contribution >= 4 is 0 Å². The largest absolute Gasteiger partial charge is 0.371 e. The third-order valence-corrected chi connectivity index (χ3v) is 3.11. The van der Waals surface area contributed by atoms with E-state index in [1.54, 1.807) is 0 Å². The maximum absolute atomic E-state index is 5.78. The van der Waals surface area contributed by atoms with Crippen molar-refractivity contribution in [1.29, 1.82) is 0 Å². The van der Waals surface area contributed by atoms with Gasteiger partial charge in [-0.05, 0) is 0 Å². The van der Waals surface area contributed by atoms with Crippen LogP contribution in [0, 0.1) is 0 Å². The summed E-state index contributed by atoms with van der Waals surface area (Å²) in [6.45, 7) is 5.78. The van der Waals surface area contributed by atoms with E-state index in [0.29, 0.717) is 26.2 Å². The molecule has 0 aromatic rings. The minimum Gasteiger partial charge on any atom is -0.371 e. The van der Waals surface area contributed by atoms with E-state index in [9.17, 15) is 0 Å². The fraction of sp³-hybridized carbons (Fsp3) is 1.00. The SMILES string of the molecule is CCC(OCC1CO1)(OCC1CO1)OCC1CO1. The molecule has 0 aromatic heterocycles. The van der Waals surface area contributed by atoms with E-state index in [4.69, 9.17) is 28.4 Å². The molecule has 0 bridgehead atoms. The molecule has 3 heterocycles. The molecular weight excluding hydrogens is 240 g/mol. The molecule has 0 aromatic carbocycles. The van der Waals surface area contributed by atoms with Crippen LogP contribution in [0.4, 0.5) is 0 Å². The molecule has 6 nitrogen and oxygen atoms in total. The van der Waals surface area contributed by atoms with Crippen molar-refractivity contribution in [1.82, 2.24) is 0 Å². The van der Waals surface area contributed by atoms with Gasteiger partial charge < -0.3 is 28.4 Å². The maximum atomic E-state index is 5.78. The Balaban J connectivity index is 1.49. The molecule has 6 heteroatoms. The molecule has 0 spiro atoms. The van der Waals surface area contributed by atoms with Crippen LogP contribution in [0.3, 0.4) is 0 Å². The predicted molar refractivity (Wildman–Crippen MR) is 60.1 cm³/mol. The second-order valence-corrected chi connectivity index (χ2v) is 4.84. The Kier molecular flexibility index (Phi) is 3.83. The lowest BCUT2D eigenvalue weighted by atomic mass is 10.4. The van der Waals surface area contributed by atoms with Crippen LogP contribution in [0.5, 0.6) is 0 Å². The van der Waals surface area contributed by atoms with Gasteiger partial charge >= 0.3 is 0 Å². The fourth-order valence-electron chi connectivity index (χ4n) is 1.58. The van der Waals surface area contributed by atoms with Gasteiger partial charge in [0, 0.05) is 6.42 Å². The highest BCUT2D eigenvalue weighted by Crippen LogP contribution is 2.26. The van der Waals surface area contributed by atoms with Gasteiger partial charge in [0.1, 0.15) is 18.3 Å². The zero-order valence-electron chi connectivity index (χ0n) is 10.6. The summed E-state index contributed by atoms with van der Waals surface area (Å²) < 4.78 is 32.8. The quantitative estimate of drug-likeness (QED) is 0.416. The first-order valence-corrected chi connectivity index (χ1v) is 6.56. The summed E-state index contributed by atoms with van der Waals surface area (Å²) in [7, 11) is 0. The van der Waals surface area contributed by atoms with E-state index in [0.717, 1.165) is 19.8 Å². The maximum Gasteiger partial charge on any atom is 0.282 e. The Hall–Kier alpha value is -0.240. The van der Waals surface area contributed by atoms with Crippen LogP contribution in [0.2, 0.25) is 0 Å². The standard InChI is InChI=1S/C12H20O6/c1-2-12(16-6-9-3-13-9,17-7-10-4-14-10)18-8-11-5-15-11/h9-11H,2-8H2,1H3. The normalized spacial score (nSPS) is 36.2. The smallest absolute Gasteiger partial charge is 0.282 e. The highest BCUT2D eigenvalue weighted by atomic mass is 16.9. The van der Waals surface area contributed by atoms with E-state index in [2.05, 4.69) is 0 Å². The number of ether oxygens (including phenoxy) is 6. The number of hydrogen-bond acceptors (Lipinski definition) is 6. The zero-order chi connectivity index (χ0) is 12.4. The summed E-state index contributed by atoms with van der Waals surface area (Å²) in [5, 5.41) is 0.